The van der Waals surface area contributed by atoms with E-state index >= 15 is 0 Å². The van der Waals surface area contributed by atoms with Crippen LogP contribution in [0, 0.1) is 5.82 Å². The Bertz CT molecular complexity index is 700. The summed E-state index contributed by atoms with van der Waals surface area (Å²) in [7, 11) is 0. The zero-order valence-electron chi connectivity index (χ0n) is 10.8. The molecular formula is C15H12FNO4. The molecule has 0 heterocycles. The average molecular weight is 289 g/mol. The van der Waals surface area contributed by atoms with E-state index < -0.39 is 23.3 Å². The SMILES string of the molecule is O=C(Cc1ccccc1O)Nc1ccc(C(=O)O)c(F)c1. The van der Waals surface area contributed by atoms with Gasteiger partial charge in [0.15, 0.2) is 0 Å². The highest BCUT2D eigenvalue weighted by molar-refractivity contribution is 5.94. The van der Waals surface area contributed by atoms with Gasteiger partial charge in [-0.1, -0.05) is 18.2 Å². The Kier molecular flexibility index (Phi) is 4.18. The van der Waals surface area contributed by atoms with Gasteiger partial charge in [0.2, 0.25) is 5.91 Å². The lowest BCUT2D eigenvalue weighted by molar-refractivity contribution is -0.115. The number of carbonyl (C=O) groups excluding carboxylic acids is 1. The second kappa shape index (κ2) is 6.04. The van der Waals surface area contributed by atoms with Gasteiger partial charge in [-0.25, -0.2) is 9.18 Å². The first kappa shape index (κ1) is 14.5. The highest BCUT2D eigenvalue weighted by atomic mass is 19.1. The summed E-state index contributed by atoms with van der Waals surface area (Å²) in [5, 5.41) is 20.7. The number of aromatic hydroxyl groups is 1. The molecule has 5 nitrogen and oxygen atoms in total. The molecule has 0 aliphatic carbocycles. The Labute approximate surface area is 119 Å². The van der Waals surface area contributed by atoms with E-state index in [9.17, 15) is 19.1 Å². The van der Waals surface area contributed by atoms with Crippen molar-refractivity contribution in [2.24, 2.45) is 0 Å². The molecule has 0 aliphatic rings. The lowest BCUT2D eigenvalue weighted by Gasteiger charge is -2.07. The molecule has 2 aromatic rings. The molecule has 0 aromatic heterocycles. The highest BCUT2D eigenvalue weighted by Crippen LogP contribution is 2.18. The number of phenols is 1. The topological polar surface area (TPSA) is 86.6 Å². The molecule has 0 radical (unpaired) electrons. The molecule has 0 saturated carbocycles. The van der Waals surface area contributed by atoms with E-state index in [1.54, 1.807) is 18.2 Å². The molecular weight excluding hydrogens is 277 g/mol. The van der Waals surface area contributed by atoms with Crippen LogP contribution in [0.5, 0.6) is 5.75 Å². The number of rotatable bonds is 4. The minimum Gasteiger partial charge on any atom is -0.508 e. The Morgan fingerprint density at radius 2 is 1.86 bits per heavy atom. The maximum absolute atomic E-state index is 13.5. The van der Waals surface area contributed by atoms with Crippen LogP contribution < -0.4 is 5.32 Å². The number of halogens is 1. The lowest BCUT2D eigenvalue weighted by atomic mass is 10.1. The summed E-state index contributed by atoms with van der Waals surface area (Å²) in [6.45, 7) is 0. The molecule has 0 atom stereocenters. The fraction of sp³-hybridized carbons (Fsp3) is 0.0667. The van der Waals surface area contributed by atoms with Crippen LogP contribution in [0.1, 0.15) is 15.9 Å². The number of hydrogen-bond acceptors (Lipinski definition) is 3. The van der Waals surface area contributed by atoms with Crippen LogP contribution >= 0.6 is 0 Å². The zero-order chi connectivity index (χ0) is 15.4. The third-order valence-corrected chi connectivity index (χ3v) is 2.83. The summed E-state index contributed by atoms with van der Waals surface area (Å²) in [6.07, 6.45) is -0.0744. The lowest BCUT2D eigenvalue weighted by Crippen LogP contribution is -2.15. The fourth-order valence-electron chi connectivity index (χ4n) is 1.80. The van der Waals surface area contributed by atoms with Crippen molar-refractivity contribution < 1.29 is 24.2 Å². The number of nitrogens with one attached hydrogen (secondary N) is 1. The number of phenolic OH excluding ortho intramolecular Hbond substituents is 1. The minimum absolute atomic E-state index is 0.0000516. The molecule has 2 rings (SSSR count). The Hall–Kier alpha value is -2.89. The number of para-hydroxylation sites is 1. The number of benzene rings is 2. The quantitative estimate of drug-likeness (QED) is 0.806. The summed E-state index contributed by atoms with van der Waals surface area (Å²) in [6, 6.07) is 9.70. The van der Waals surface area contributed by atoms with Gasteiger partial charge in [-0.15, -0.1) is 0 Å². The number of amides is 1. The van der Waals surface area contributed by atoms with Gasteiger partial charge in [0, 0.05) is 11.3 Å². The van der Waals surface area contributed by atoms with Crippen LogP contribution in [0.3, 0.4) is 0 Å². The smallest absolute Gasteiger partial charge is 0.338 e. The van der Waals surface area contributed by atoms with E-state index in [-0.39, 0.29) is 17.9 Å². The van der Waals surface area contributed by atoms with Crippen LogP contribution in [0.25, 0.3) is 0 Å². The van der Waals surface area contributed by atoms with Crippen molar-refractivity contribution in [2.75, 3.05) is 5.32 Å². The minimum atomic E-state index is -1.38. The maximum atomic E-state index is 13.5. The first-order valence-corrected chi connectivity index (χ1v) is 6.07. The van der Waals surface area contributed by atoms with Gasteiger partial charge < -0.3 is 15.5 Å². The Balaban J connectivity index is 2.08. The van der Waals surface area contributed by atoms with E-state index in [1.807, 2.05) is 0 Å². The molecule has 3 N–H and O–H groups in total. The van der Waals surface area contributed by atoms with E-state index in [4.69, 9.17) is 5.11 Å². The molecule has 21 heavy (non-hydrogen) atoms. The standard InChI is InChI=1S/C15H12FNO4/c16-12-8-10(5-6-11(12)15(20)21)17-14(19)7-9-3-1-2-4-13(9)18/h1-6,8,18H,7H2,(H,17,19)(H,20,21). The number of carboxylic acid groups (broad SMARTS) is 1. The van der Waals surface area contributed by atoms with Crippen molar-refractivity contribution in [1.82, 2.24) is 0 Å². The summed E-state index contributed by atoms with van der Waals surface area (Å²) in [4.78, 5) is 22.5. The molecule has 6 heteroatoms. The maximum Gasteiger partial charge on any atom is 0.338 e. The second-order valence-corrected chi connectivity index (χ2v) is 4.35. The number of anilines is 1. The van der Waals surface area contributed by atoms with Crippen LogP contribution in [0.4, 0.5) is 10.1 Å². The normalized spacial score (nSPS) is 10.1. The van der Waals surface area contributed by atoms with Crippen LogP contribution in [0.2, 0.25) is 0 Å². The van der Waals surface area contributed by atoms with E-state index in [1.165, 1.54) is 12.1 Å². The first-order valence-electron chi connectivity index (χ1n) is 6.07. The number of carbonyl (C=O) groups is 2. The number of aromatic carboxylic acids is 1. The van der Waals surface area contributed by atoms with Crippen molar-refractivity contribution in [1.29, 1.82) is 0 Å². The van der Waals surface area contributed by atoms with E-state index in [0.717, 1.165) is 12.1 Å². The summed E-state index contributed by atoms with van der Waals surface area (Å²) in [5.74, 6) is -2.75. The molecule has 0 fully saturated rings. The first-order chi connectivity index (χ1) is 9.97. The van der Waals surface area contributed by atoms with Gasteiger partial charge in [-0.3, -0.25) is 4.79 Å². The van der Waals surface area contributed by atoms with E-state index in [2.05, 4.69) is 5.32 Å². The predicted octanol–water partition coefficient (Wildman–Crippen LogP) is 2.41. The second-order valence-electron chi connectivity index (χ2n) is 4.35. The molecule has 0 spiro atoms. The monoisotopic (exact) mass is 289 g/mol. The highest BCUT2D eigenvalue weighted by Gasteiger charge is 2.12. The molecule has 0 unspecified atom stereocenters. The van der Waals surface area contributed by atoms with E-state index in [0.29, 0.717) is 5.56 Å². The largest absolute Gasteiger partial charge is 0.508 e. The van der Waals surface area contributed by atoms with Crippen LogP contribution in [-0.4, -0.2) is 22.1 Å². The summed E-state index contributed by atoms with van der Waals surface area (Å²) in [5.41, 5.74) is 0.129. The van der Waals surface area contributed by atoms with Gasteiger partial charge >= 0.3 is 5.97 Å². The molecule has 1 amide bonds. The van der Waals surface area contributed by atoms with Gasteiger partial charge in [0.1, 0.15) is 11.6 Å². The Morgan fingerprint density at radius 3 is 2.48 bits per heavy atom. The molecule has 0 aliphatic heterocycles. The number of hydrogen-bond donors (Lipinski definition) is 3. The Morgan fingerprint density at radius 1 is 1.14 bits per heavy atom. The van der Waals surface area contributed by atoms with Crippen molar-refractivity contribution in [3.63, 3.8) is 0 Å². The van der Waals surface area contributed by atoms with Gasteiger partial charge in [-0.2, -0.15) is 0 Å². The van der Waals surface area contributed by atoms with Gasteiger partial charge in [0.25, 0.3) is 0 Å². The fourth-order valence-corrected chi connectivity index (χ4v) is 1.80. The molecule has 108 valence electrons. The molecule has 0 bridgehead atoms. The summed E-state index contributed by atoms with van der Waals surface area (Å²) >= 11 is 0. The van der Waals surface area contributed by atoms with Crippen molar-refractivity contribution >= 4 is 17.6 Å². The zero-order valence-corrected chi connectivity index (χ0v) is 10.8. The van der Waals surface area contributed by atoms with Crippen molar-refractivity contribution in [2.45, 2.75) is 6.42 Å². The summed E-state index contributed by atoms with van der Waals surface area (Å²) < 4.78 is 13.5. The van der Waals surface area contributed by atoms with Gasteiger partial charge in [-0.05, 0) is 24.3 Å². The molecule has 0 saturated heterocycles. The third kappa shape index (κ3) is 3.56. The number of carboxylic acids is 1. The molecule has 2 aromatic carbocycles. The predicted molar refractivity (Wildman–Crippen MR) is 73.8 cm³/mol. The van der Waals surface area contributed by atoms with Crippen LogP contribution in [-0.2, 0) is 11.2 Å². The third-order valence-electron chi connectivity index (χ3n) is 2.83. The van der Waals surface area contributed by atoms with Crippen molar-refractivity contribution in [3.8, 4) is 5.75 Å². The van der Waals surface area contributed by atoms with Crippen molar-refractivity contribution in [3.05, 3.63) is 59.4 Å². The van der Waals surface area contributed by atoms with Crippen LogP contribution in [0.15, 0.2) is 42.5 Å². The average Bonchev–Trinajstić information content (AvgIpc) is 2.41. The van der Waals surface area contributed by atoms with Gasteiger partial charge in [0.05, 0.1) is 12.0 Å².